The van der Waals surface area contributed by atoms with E-state index in [-0.39, 0.29) is 6.10 Å². The molecule has 0 saturated carbocycles. The van der Waals surface area contributed by atoms with Gasteiger partial charge in [0.25, 0.3) is 11.7 Å². The fraction of sp³-hybridized carbons (Fsp3) is 0.273. The van der Waals surface area contributed by atoms with Gasteiger partial charge in [0.05, 0.1) is 17.4 Å². The van der Waals surface area contributed by atoms with Crippen molar-refractivity contribution >= 4 is 17.4 Å². The van der Waals surface area contributed by atoms with E-state index in [1.54, 1.807) is 18.2 Å². The number of Topliss-reactive ketones (excluding diaryl/α,β-unsaturated/α-hetero) is 1. The molecule has 1 aromatic rings. The molecule has 0 unspecified atom stereocenters. The van der Waals surface area contributed by atoms with Gasteiger partial charge in [-0.05, 0) is 26.0 Å². The molecular weight excluding hydrogens is 194 g/mol. The third-order valence-corrected chi connectivity index (χ3v) is 2.07. The summed E-state index contributed by atoms with van der Waals surface area (Å²) >= 11 is 0. The molecule has 1 aromatic carbocycles. The molecule has 0 radical (unpaired) electrons. The first-order valence-corrected chi connectivity index (χ1v) is 4.75. The molecule has 0 atom stereocenters. The zero-order valence-electron chi connectivity index (χ0n) is 8.53. The maximum absolute atomic E-state index is 11.5. The van der Waals surface area contributed by atoms with Gasteiger partial charge in [0.1, 0.15) is 5.75 Å². The van der Waals surface area contributed by atoms with E-state index in [2.05, 4.69) is 5.32 Å². The summed E-state index contributed by atoms with van der Waals surface area (Å²) in [6.45, 7) is 3.74. The van der Waals surface area contributed by atoms with E-state index in [9.17, 15) is 9.59 Å². The Kier molecular flexibility index (Phi) is 2.19. The van der Waals surface area contributed by atoms with Crippen molar-refractivity contribution in [1.29, 1.82) is 0 Å². The maximum atomic E-state index is 11.5. The second kappa shape index (κ2) is 3.38. The van der Waals surface area contributed by atoms with E-state index in [0.717, 1.165) is 0 Å². The molecule has 15 heavy (non-hydrogen) atoms. The smallest absolute Gasteiger partial charge is 0.297 e. The number of ketones is 1. The number of anilines is 1. The van der Waals surface area contributed by atoms with Crippen LogP contribution in [0.25, 0.3) is 0 Å². The van der Waals surface area contributed by atoms with Crippen LogP contribution < -0.4 is 10.1 Å². The number of hydrogen-bond donors (Lipinski definition) is 1. The largest absolute Gasteiger partial charge is 0.490 e. The highest BCUT2D eigenvalue weighted by Gasteiger charge is 2.31. The summed E-state index contributed by atoms with van der Waals surface area (Å²) in [5.74, 6) is -0.656. The molecule has 1 aliphatic rings. The average molecular weight is 205 g/mol. The highest BCUT2D eigenvalue weighted by Crippen LogP contribution is 2.31. The Balaban J connectivity index is 2.47. The quantitative estimate of drug-likeness (QED) is 0.746. The highest BCUT2D eigenvalue weighted by molar-refractivity contribution is 6.52. The molecule has 0 bridgehead atoms. The van der Waals surface area contributed by atoms with Crippen LogP contribution in [0, 0.1) is 0 Å². The summed E-state index contributed by atoms with van der Waals surface area (Å²) in [7, 11) is 0. The number of fused-ring (bicyclic) bond motifs is 1. The number of ether oxygens (including phenoxy) is 1. The Labute approximate surface area is 87.2 Å². The number of carbonyl (C=O) groups excluding carboxylic acids is 2. The van der Waals surface area contributed by atoms with Crippen LogP contribution in [-0.2, 0) is 4.79 Å². The third kappa shape index (κ3) is 1.58. The lowest BCUT2D eigenvalue weighted by molar-refractivity contribution is -0.112. The third-order valence-electron chi connectivity index (χ3n) is 2.07. The molecule has 0 aromatic heterocycles. The molecule has 1 N–H and O–H groups in total. The minimum absolute atomic E-state index is 0.0278. The van der Waals surface area contributed by atoms with Crippen LogP contribution in [-0.4, -0.2) is 17.8 Å². The summed E-state index contributed by atoms with van der Waals surface area (Å²) < 4.78 is 5.46. The van der Waals surface area contributed by atoms with Crippen LogP contribution in [0.1, 0.15) is 24.2 Å². The number of carbonyl (C=O) groups is 2. The number of hydrogen-bond acceptors (Lipinski definition) is 3. The van der Waals surface area contributed by atoms with Gasteiger partial charge >= 0.3 is 0 Å². The molecule has 4 nitrogen and oxygen atoms in total. The molecule has 1 aliphatic heterocycles. The summed E-state index contributed by atoms with van der Waals surface area (Å²) in [4.78, 5) is 22.7. The molecule has 0 fully saturated rings. The predicted molar refractivity (Wildman–Crippen MR) is 55.2 cm³/mol. The van der Waals surface area contributed by atoms with Crippen molar-refractivity contribution in [3.63, 3.8) is 0 Å². The first kappa shape index (κ1) is 9.71. The van der Waals surface area contributed by atoms with Crippen LogP contribution >= 0.6 is 0 Å². The topological polar surface area (TPSA) is 55.4 Å². The summed E-state index contributed by atoms with van der Waals surface area (Å²) in [5.41, 5.74) is 0.874. The fourth-order valence-electron chi connectivity index (χ4n) is 1.51. The first-order chi connectivity index (χ1) is 7.09. The lowest BCUT2D eigenvalue weighted by Crippen LogP contribution is -2.14. The van der Waals surface area contributed by atoms with E-state index in [4.69, 9.17) is 4.74 Å². The van der Waals surface area contributed by atoms with Crippen molar-refractivity contribution in [2.45, 2.75) is 20.0 Å². The van der Waals surface area contributed by atoms with Crippen molar-refractivity contribution in [2.75, 3.05) is 5.32 Å². The monoisotopic (exact) mass is 205 g/mol. The maximum Gasteiger partial charge on any atom is 0.297 e. The molecule has 78 valence electrons. The second-order valence-corrected chi connectivity index (χ2v) is 3.63. The van der Waals surface area contributed by atoms with Crippen LogP contribution in [0.15, 0.2) is 18.2 Å². The van der Waals surface area contributed by atoms with Crippen LogP contribution in [0.3, 0.4) is 0 Å². The SMILES string of the molecule is CC(C)Oc1cccc2c1C(=O)C(=O)N2. The normalized spacial score (nSPS) is 14.1. The first-order valence-electron chi connectivity index (χ1n) is 4.75. The summed E-state index contributed by atoms with van der Waals surface area (Å²) in [6.07, 6.45) is -0.0278. The fourth-order valence-corrected chi connectivity index (χ4v) is 1.51. The van der Waals surface area contributed by atoms with E-state index < -0.39 is 11.7 Å². The van der Waals surface area contributed by atoms with Crippen molar-refractivity contribution in [2.24, 2.45) is 0 Å². The van der Waals surface area contributed by atoms with Crippen molar-refractivity contribution < 1.29 is 14.3 Å². The molecule has 1 amide bonds. The van der Waals surface area contributed by atoms with Gasteiger partial charge < -0.3 is 10.1 Å². The standard InChI is InChI=1S/C11H11NO3/c1-6(2)15-8-5-3-4-7-9(8)10(13)11(14)12-7/h3-6H,1-2H3,(H,12,13,14). The molecule has 1 heterocycles. The van der Waals surface area contributed by atoms with Gasteiger partial charge in [-0.25, -0.2) is 0 Å². The molecule has 0 saturated heterocycles. The van der Waals surface area contributed by atoms with Gasteiger partial charge in [-0.15, -0.1) is 0 Å². The molecule has 4 heteroatoms. The van der Waals surface area contributed by atoms with Crippen LogP contribution in [0.5, 0.6) is 5.75 Å². The summed E-state index contributed by atoms with van der Waals surface area (Å²) in [5, 5.41) is 2.49. The Morgan fingerprint density at radius 1 is 1.27 bits per heavy atom. The van der Waals surface area contributed by atoms with Crippen molar-refractivity contribution in [1.82, 2.24) is 0 Å². The second-order valence-electron chi connectivity index (χ2n) is 3.63. The van der Waals surface area contributed by atoms with Gasteiger partial charge in [0.15, 0.2) is 0 Å². The van der Waals surface area contributed by atoms with Gasteiger partial charge in [-0.2, -0.15) is 0 Å². The van der Waals surface area contributed by atoms with Gasteiger partial charge in [0.2, 0.25) is 0 Å². The van der Waals surface area contributed by atoms with Crippen molar-refractivity contribution in [3.8, 4) is 5.75 Å². The zero-order chi connectivity index (χ0) is 11.0. The Morgan fingerprint density at radius 2 is 2.00 bits per heavy atom. The van der Waals surface area contributed by atoms with Crippen LogP contribution in [0.2, 0.25) is 0 Å². The molecule has 2 rings (SSSR count). The minimum Gasteiger partial charge on any atom is -0.490 e. The van der Waals surface area contributed by atoms with E-state index in [0.29, 0.717) is 17.0 Å². The number of benzene rings is 1. The van der Waals surface area contributed by atoms with Gasteiger partial charge in [-0.1, -0.05) is 6.07 Å². The van der Waals surface area contributed by atoms with Gasteiger partial charge in [-0.3, -0.25) is 9.59 Å². The lowest BCUT2D eigenvalue weighted by atomic mass is 10.1. The average Bonchev–Trinajstić information content (AvgIpc) is 2.43. The Bertz CT molecular complexity index is 437. The number of amides is 1. The highest BCUT2D eigenvalue weighted by atomic mass is 16.5. The number of nitrogens with one attached hydrogen (secondary N) is 1. The number of rotatable bonds is 2. The van der Waals surface area contributed by atoms with E-state index in [1.807, 2.05) is 13.8 Å². The summed E-state index contributed by atoms with van der Waals surface area (Å²) in [6, 6.07) is 5.12. The van der Waals surface area contributed by atoms with Gasteiger partial charge in [0, 0.05) is 0 Å². The molecule has 0 spiro atoms. The van der Waals surface area contributed by atoms with E-state index >= 15 is 0 Å². The lowest BCUT2D eigenvalue weighted by Gasteiger charge is -2.11. The molecular formula is C11H11NO3. The zero-order valence-corrected chi connectivity index (χ0v) is 8.53. The predicted octanol–water partition coefficient (Wildman–Crippen LogP) is 1.61. The van der Waals surface area contributed by atoms with E-state index in [1.165, 1.54) is 0 Å². The molecule has 0 aliphatic carbocycles. The Hall–Kier alpha value is -1.84. The Morgan fingerprint density at radius 3 is 2.67 bits per heavy atom. The minimum atomic E-state index is -0.593. The van der Waals surface area contributed by atoms with Crippen LogP contribution in [0.4, 0.5) is 5.69 Å². The van der Waals surface area contributed by atoms with Crippen molar-refractivity contribution in [3.05, 3.63) is 23.8 Å².